The van der Waals surface area contributed by atoms with E-state index in [9.17, 15) is 0 Å². The molecule has 0 aliphatic carbocycles. The molecule has 0 amide bonds. The van der Waals surface area contributed by atoms with Gasteiger partial charge >= 0.3 is 123 Å². The fourth-order valence-corrected chi connectivity index (χ4v) is 14.0. The van der Waals surface area contributed by atoms with Gasteiger partial charge in [-0.15, -0.1) is 0 Å². The van der Waals surface area contributed by atoms with Crippen LogP contribution in [0.25, 0.3) is 22.4 Å². The first kappa shape index (κ1) is 30.1. The van der Waals surface area contributed by atoms with Gasteiger partial charge in [-0.05, 0) is 5.69 Å². The average Bonchev–Trinajstić information content (AvgIpc) is 3.43. The van der Waals surface area contributed by atoms with Gasteiger partial charge in [0, 0.05) is 26.8 Å². The Morgan fingerprint density at radius 3 is 1.60 bits per heavy atom. The number of aromatic nitrogens is 2. The average molecular weight is 936 g/mol. The van der Waals surface area contributed by atoms with E-state index in [0.717, 1.165) is 27.3 Å². The van der Waals surface area contributed by atoms with Gasteiger partial charge in [0.25, 0.3) is 6.33 Å². The first-order chi connectivity index (χ1) is 20.3. The topological polar surface area (TPSA) is 8.81 Å². The molecular weight excluding hydrogens is 909 g/mol. The molecule has 7 rings (SSSR count). The predicted molar refractivity (Wildman–Crippen MR) is 172 cm³/mol. The molecular formula is C37H27BiN2PtS-2. The van der Waals surface area contributed by atoms with E-state index in [1.54, 1.807) is 0 Å². The van der Waals surface area contributed by atoms with E-state index in [1.165, 1.54) is 9.81 Å². The molecule has 5 heteroatoms. The van der Waals surface area contributed by atoms with Gasteiger partial charge in [-0.1, -0.05) is 48.5 Å². The second kappa shape index (κ2) is 14.7. The summed E-state index contributed by atoms with van der Waals surface area (Å²) in [5.41, 5.74) is 4.06. The Bertz CT molecular complexity index is 1750. The van der Waals surface area contributed by atoms with Crippen LogP contribution in [0.5, 0.6) is 0 Å². The van der Waals surface area contributed by atoms with Gasteiger partial charge in [-0.3, -0.25) is 4.57 Å². The van der Waals surface area contributed by atoms with Gasteiger partial charge in [-0.2, -0.15) is 35.2 Å². The van der Waals surface area contributed by atoms with Crippen LogP contribution in [0.2, 0.25) is 0 Å². The molecule has 0 bridgehead atoms. The molecule has 0 saturated carbocycles. The molecule has 0 radical (unpaired) electrons. The third-order valence-electron chi connectivity index (χ3n) is 6.65. The molecule has 0 fully saturated rings. The van der Waals surface area contributed by atoms with Crippen molar-refractivity contribution in [2.75, 3.05) is 0 Å². The molecule has 6 aromatic carbocycles. The van der Waals surface area contributed by atoms with Crippen LogP contribution in [0.3, 0.4) is 0 Å². The van der Waals surface area contributed by atoms with Crippen molar-refractivity contribution < 1.29 is 25.6 Å². The minimum atomic E-state index is -2.06. The summed E-state index contributed by atoms with van der Waals surface area (Å²) >= 11 is 3.40. The molecule has 42 heavy (non-hydrogen) atoms. The molecule has 0 N–H and O–H groups in total. The fraction of sp³-hybridized carbons (Fsp3) is 0. The molecule has 1 heterocycles. The van der Waals surface area contributed by atoms with Crippen molar-refractivity contribution in [3.05, 3.63) is 176 Å². The molecule has 208 valence electrons. The van der Waals surface area contributed by atoms with Crippen LogP contribution >= 0.6 is 0 Å². The van der Waals surface area contributed by atoms with Crippen molar-refractivity contribution in [1.82, 2.24) is 4.57 Å². The first-order valence-corrected chi connectivity index (χ1v) is 19.1. The Morgan fingerprint density at radius 1 is 0.548 bits per heavy atom. The van der Waals surface area contributed by atoms with Crippen LogP contribution in [0.15, 0.2) is 169 Å². The molecule has 7 aromatic rings. The summed E-state index contributed by atoms with van der Waals surface area (Å²) in [4.78, 5) is 0.809. The molecule has 0 atom stereocenters. The monoisotopic (exact) mass is 935 g/mol. The Hall–Kier alpha value is -3.42. The second-order valence-corrected chi connectivity index (χ2v) is 18.4. The Morgan fingerprint density at radius 2 is 1.05 bits per heavy atom. The predicted octanol–water partition coefficient (Wildman–Crippen LogP) is 5.61. The van der Waals surface area contributed by atoms with Crippen molar-refractivity contribution in [1.29, 1.82) is 0 Å². The van der Waals surface area contributed by atoms with Crippen molar-refractivity contribution in [2.45, 2.75) is 4.90 Å². The standard InChI is InChI=1S/C19H13N2S.3C6H5.Bi.Pt/c22-19-13-7-6-12-18(19)21-14-20(15-8-2-1-3-9-15)16-10-4-5-11-17(16)21;3*1-2-4-6-5-3-1;;/h1-8,10-13,22H;3*1-5H;;/q-1;;;;;/p-1. The molecule has 0 unspecified atom stereocenters. The van der Waals surface area contributed by atoms with Gasteiger partial charge < -0.3 is 17.2 Å². The van der Waals surface area contributed by atoms with Crippen LogP contribution < -0.4 is 14.4 Å². The van der Waals surface area contributed by atoms with Crippen molar-refractivity contribution in [3.8, 4) is 11.4 Å². The van der Waals surface area contributed by atoms with Crippen LogP contribution in [0, 0.1) is 12.4 Å². The Balaban J connectivity index is 0.000000166. The van der Waals surface area contributed by atoms with Gasteiger partial charge in [-0.25, -0.2) is 0 Å². The van der Waals surface area contributed by atoms with Gasteiger partial charge in [0.2, 0.25) is 0 Å². The SMILES string of the molecule is [Pt].[S-]c1ccccc1-[n+]1[c-]n(-c2[c-]cccc2)c2ccccc21.c1cc[c]([Bi]([c]2ccccc2)[c]2ccccc2)cc1. The summed E-state index contributed by atoms with van der Waals surface area (Å²) in [6, 6.07) is 60.2. The molecule has 0 spiro atoms. The third kappa shape index (κ3) is 6.79. The van der Waals surface area contributed by atoms with Gasteiger partial charge in [0.05, 0.1) is 11.0 Å². The third-order valence-corrected chi connectivity index (χ3v) is 16.5. The van der Waals surface area contributed by atoms with E-state index in [-0.39, 0.29) is 21.1 Å². The quantitative estimate of drug-likeness (QED) is 0.0945. The van der Waals surface area contributed by atoms with Crippen LogP contribution in [-0.4, -0.2) is 26.3 Å². The van der Waals surface area contributed by atoms with E-state index in [2.05, 4.69) is 116 Å². The van der Waals surface area contributed by atoms with Gasteiger partial charge in [0.1, 0.15) is 0 Å². The number of rotatable bonds is 5. The van der Waals surface area contributed by atoms with E-state index < -0.39 is 21.8 Å². The van der Waals surface area contributed by atoms with Crippen molar-refractivity contribution in [3.63, 3.8) is 0 Å². The van der Waals surface area contributed by atoms with Crippen LogP contribution in [0.1, 0.15) is 0 Å². The molecule has 1 aromatic heterocycles. The van der Waals surface area contributed by atoms with E-state index in [1.807, 2.05) is 69.8 Å². The summed E-state index contributed by atoms with van der Waals surface area (Å²) in [7, 11) is 0. The molecule has 2 nitrogen and oxygen atoms in total. The van der Waals surface area contributed by atoms with Crippen molar-refractivity contribution in [2.24, 2.45) is 0 Å². The maximum atomic E-state index is 5.47. The number of para-hydroxylation sites is 4. The minimum absolute atomic E-state index is 0. The summed E-state index contributed by atoms with van der Waals surface area (Å²) in [6.07, 6.45) is 3.40. The molecule has 0 aliphatic rings. The van der Waals surface area contributed by atoms with E-state index in [0.29, 0.717) is 0 Å². The number of hydrogen-bond donors (Lipinski definition) is 0. The number of fused-ring (bicyclic) bond motifs is 1. The Labute approximate surface area is 275 Å². The molecule has 0 aliphatic heterocycles. The summed E-state index contributed by atoms with van der Waals surface area (Å²) < 4.78 is 8.63. The number of hydrogen-bond acceptors (Lipinski definition) is 1. The van der Waals surface area contributed by atoms with Crippen LogP contribution in [-0.2, 0) is 33.7 Å². The summed E-state index contributed by atoms with van der Waals surface area (Å²) in [5, 5.41) is 0. The van der Waals surface area contributed by atoms with Gasteiger partial charge in [0.15, 0.2) is 0 Å². The number of imidazole rings is 1. The fourth-order valence-electron chi connectivity index (χ4n) is 4.76. The zero-order chi connectivity index (χ0) is 27.9. The first-order valence-electron chi connectivity index (χ1n) is 13.4. The van der Waals surface area contributed by atoms with E-state index in [4.69, 9.17) is 12.6 Å². The number of nitrogens with zero attached hydrogens (tertiary/aromatic N) is 2. The Kier molecular flexibility index (Phi) is 10.5. The zero-order valence-corrected chi connectivity index (χ0v) is 29.2. The van der Waals surface area contributed by atoms with Crippen LogP contribution in [0.4, 0.5) is 0 Å². The number of benzene rings is 6. The summed E-state index contributed by atoms with van der Waals surface area (Å²) in [5.74, 6) is 0. The maximum absolute atomic E-state index is 5.47. The second-order valence-electron chi connectivity index (χ2n) is 9.32. The molecule has 0 saturated heterocycles. The summed E-state index contributed by atoms with van der Waals surface area (Å²) in [6.45, 7) is 0. The van der Waals surface area contributed by atoms with E-state index >= 15 is 0 Å². The normalized spacial score (nSPS) is 10.5. The van der Waals surface area contributed by atoms with Crippen molar-refractivity contribution >= 4 is 55.2 Å². The zero-order valence-electron chi connectivity index (χ0n) is 22.7.